The molecule has 2 amide bonds. The van der Waals surface area contributed by atoms with E-state index in [1.54, 1.807) is 18.2 Å². The zero-order valence-electron chi connectivity index (χ0n) is 17.8. The van der Waals surface area contributed by atoms with Crippen LogP contribution in [0, 0.1) is 5.82 Å². The van der Waals surface area contributed by atoms with Crippen LogP contribution < -0.4 is 15.4 Å². The van der Waals surface area contributed by atoms with Crippen molar-refractivity contribution in [3.05, 3.63) is 58.8 Å². The molecular weight excluding hydrogens is 433 g/mol. The topological polar surface area (TPSA) is 132 Å². The second kappa shape index (κ2) is 8.77. The third-order valence-corrected chi connectivity index (χ3v) is 5.21. The van der Waals surface area contributed by atoms with Crippen molar-refractivity contribution in [2.75, 3.05) is 6.61 Å². The van der Waals surface area contributed by atoms with Crippen LogP contribution in [0.4, 0.5) is 4.39 Å². The molecule has 4 rings (SSSR count). The maximum atomic E-state index is 14.2. The van der Waals surface area contributed by atoms with Crippen molar-refractivity contribution >= 4 is 29.0 Å². The molecule has 2 N–H and O–H groups in total. The van der Waals surface area contributed by atoms with Gasteiger partial charge in [-0.15, -0.1) is 0 Å². The molecule has 1 aromatic carbocycles. The number of ether oxygens (including phenoxy) is 1. The Morgan fingerprint density at radius 2 is 2.03 bits per heavy atom. The van der Waals surface area contributed by atoms with Gasteiger partial charge in [0, 0.05) is 24.6 Å². The second-order valence-electron chi connectivity index (χ2n) is 7.69. The first-order valence-corrected chi connectivity index (χ1v) is 10.1. The molecule has 0 saturated carbocycles. The van der Waals surface area contributed by atoms with Gasteiger partial charge in [-0.2, -0.15) is 5.10 Å². The number of fused-ring (bicyclic) bond motifs is 2. The molecule has 1 aliphatic rings. The van der Waals surface area contributed by atoms with E-state index in [0.717, 1.165) is 21.8 Å². The summed E-state index contributed by atoms with van der Waals surface area (Å²) in [4.78, 5) is 52.5. The molecule has 0 spiro atoms. The van der Waals surface area contributed by atoms with Crippen molar-refractivity contribution in [2.24, 2.45) is 0 Å². The SMILES string of the molecule is CC(=O)[C@H](C)NC(=O)c1cc(C(=O)NCc2ccc3c(c2)CC(=O)CO3)nc2c(F)cnn12. The summed E-state index contributed by atoms with van der Waals surface area (Å²) in [5.74, 6) is -1.83. The molecule has 0 aliphatic carbocycles. The molecule has 10 nitrogen and oxygen atoms in total. The highest BCUT2D eigenvalue weighted by atomic mass is 19.1. The minimum Gasteiger partial charge on any atom is -0.486 e. The van der Waals surface area contributed by atoms with Gasteiger partial charge in [-0.1, -0.05) is 6.07 Å². The summed E-state index contributed by atoms with van der Waals surface area (Å²) in [7, 11) is 0. The Labute approximate surface area is 187 Å². The lowest BCUT2D eigenvalue weighted by Crippen LogP contribution is -2.38. The van der Waals surface area contributed by atoms with E-state index in [4.69, 9.17) is 4.74 Å². The number of nitrogens with one attached hydrogen (secondary N) is 2. The van der Waals surface area contributed by atoms with Crippen LogP contribution >= 0.6 is 0 Å². The molecule has 1 atom stereocenters. The van der Waals surface area contributed by atoms with Crippen molar-refractivity contribution in [3.8, 4) is 5.75 Å². The molecule has 1 aliphatic heterocycles. The molecule has 2 aromatic heterocycles. The van der Waals surface area contributed by atoms with Gasteiger partial charge in [0.1, 0.15) is 23.7 Å². The predicted molar refractivity (Wildman–Crippen MR) is 112 cm³/mol. The smallest absolute Gasteiger partial charge is 0.270 e. The maximum Gasteiger partial charge on any atom is 0.270 e. The summed E-state index contributed by atoms with van der Waals surface area (Å²) in [6.07, 6.45) is 1.14. The van der Waals surface area contributed by atoms with Gasteiger partial charge in [-0.3, -0.25) is 19.2 Å². The molecule has 170 valence electrons. The van der Waals surface area contributed by atoms with Gasteiger partial charge in [0.2, 0.25) is 0 Å². The molecule has 0 fully saturated rings. The molecule has 0 unspecified atom stereocenters. The monoisotopic (exact) mass is 453 g/mol. The maximum absolute atomic E-state index is 14.2. The molecule has 0 radical (unpaired) electrons. The minimum absolute atomic E-state index is 0.0334. The molecule has 33 heavy (non-hydrogen) atoms. The number of hydrogen-bond donors (Lipinski definition) is 2. The first-order valence-electron chi connectivity index (χ1n) is 10.1. The van der Waals surface area contributed by atoms with E-state index in [-0.39, 0.29) is 48.2 Å². The Balaban J connectivity index is 1.56. The predicted octanol–water partition coefficient (Wildman–Crippen LogP) is 1.01. The molecular formula is C22H20FN5O5. The number of Topliss-reactive ketones (excluding diaryl/α,β-unsaturated/α-hetero) is 2. The average Bonchev–Trinajstić information content (AvgIpc) is 3.17. The fourth-order valence-corrected chi connectivity index (χ4v) is 3.30. The lowest BCUT2D eigenvalue weighted by atomic mass is 10.0. The van der Waals surface area contributed by atoms with Gasteiger partial charge in [0.25, 0.3) is 11.8 Å². The van der Waals surface area contributed by atoms with Crippen LogP contribution in [0.3, 0.4) is 0 Å². The van der Waals surface area contributed by atoms with Crippen LogP contribution in [0.1, 0.15) is 46.0 Å². The van der Waals surface area contributed by atoms with Gasteiger partial charge < -0.3 is 15.4 Å². The fourth-order valence-electron chi connectivity index (χ4n) is 3.30. The Hall–Kier alpha value is -4.15. The Morgan fingerprint density at radius 1 is 1.24 bits per heavy atom. The van der Waals surface area contributed by atoms with Gasteiger partial charge in [-0.25, -0.2) is 13.9 Å². The molecule has 0 saturated heterocycles. The van der Waals surface area contributed by atoms with Gasteiger partial charge in [0.15, 0.2) is 23.0 Å². The molecule has 3 aromatic rings. The number of halogens is 1. The van der Waals surface area contributed by atoms with Crippen LogP contribution in [-0.2, 0) is 22.6 Å². The summed E-state index contributed by atoms with van der Waals surface area (Å²) in [6, 6.07) is 5.65. The number of rotatable bonds is 6. The van der Waals surface area contributed by atoms with E-state index < -0.39 is 23.7 Å². The summed E-state index contributed by atoms with van der Waals surface area (Å²) in [5.41, 5.74) is 0.820. The van der Waals surface area contributed by atoms with E-state index >= 15 is 0 Å². The van der Waals surface area contributed by atoms with E-state index in [9.17, 15) is 23.6 Å². The number of ketones is 2. The standard InChI is InChI=1S/C22H20FN5O5/c1-11(12(2)29)26-22(32)18-7-17(27-20-16(23)9-25-28(18)20)21(31)24-8-13-3-4-19-14(5-13)6-15(30)10-33-19/h3-5,7,9,11H,6,8,10H2,1-2H3,(H,24,31)(H,26,32)/t11-/m0/s1. The van der Waals surface area contributed by atoms with E-state index in [0.29, 0.717) is 5.75 Å². The van der Waals surface area contributed by atoms with Crippen LogP contribution in [0.15, 0.2) is 30.5 Å². The lowest BCUT2D eigenvalue weighted by Gasteiger charge is -2.17. The number of benzene rings is 1. The first-order chi connectivity index (χ1) is 15.7. The summed E-state index contributed by atoms with van der Waals surface area (Å²) >= 11 is 0. The quantitative estimate of drug-likeness (QED) is 0.569. The minimum atomic E-state index is -0.808. The highest BCUT2D eigenvalue weighted by Gasteiger charge is 2.22. The number of carbonyl (C=O) groups is 4. The largest absolute Gasteiger partial charge is 0.486 e. The van der Waals surface area contributed by atoms with Crippen LogP contribution in [-0.4, -0.2) is 50.6 Å². The van der Waals surface area contributed by atoms with E-state index in [2.05, 4.69) is 20.7 Å². The first kappa shape index (κ1) is 22.1. The number of amides is 2. The summed E-state index contributed by atoms with van der Waals surface area (Å²) < 4.78 is 20.5. The zero-order valence-corrected chi connectivity index (χ0v) is 17.8. The fraction of sp³-hybridized carbons (Fsp3) is 0.273. The van der Waals surface area contributed by atoms with Crippen LogP contribution in [0.25, 0.3) is 5.65 Å². The number of aromatic nitrogens is 3. The molecule has 3 heterocycles. The van der Waals surface area contributed by atoms with Gasteiger partial charge in [-0.05, 0) is 31.5 Å². The zero-order chi connectivity index (χ0) is 23.7. The normalized spacial score (nSPS) is 13.7. The third-order valence-electron chi connectivity index (χ3n) is 5.21. The lowest BCUT2D eigenvalue weighted by molar-refractivity contribution is -0.121. The molecule has 0 bridgehead atoms. The van der Waals surface area contributed by atoms with Gasteiger partial charge >= 0.3 is 0 Å². The van der Waals surface area contributed by atoms with Crippen LogP contribution in [0.5, 0.6) is 5.75 Å². The highest BCUT2D eigenvalue weighted by molar-refractivity contribution is 5.99. The van der Waals surface area contributed by atoms with Crippen molar-refractivity contribution < 1.29 is 28.3 Å². The third kappa shape index (κ3) is 4.56. The van der Waals surface area contributed by atoms with Crippen molar-refractivity contribution in [1.82, 2.24) is 25.2 Å². The average molecular weight is 453 g/mol. The molecule has 11 heteroatoms. The van der Waals surface area contributed by atoms with Crippen LogP contribution in [0.2, 0.25) is 0 Å². The van der Waals surface area contributed by atoms with E-state index in [1.165, 1.54) is 19.9 Å². The number of nitrogens with zero attached hydrogens (tertiary/aromatic N) is 3. The summed E-state index contributed by atoms with van der Waals surface area (Å²) in [5, 5.41) is 8.95. The Kier molecular flexibility index (Phi) is 5.86. The second-order valence-corrected chi connectivity index (χ2v) is 7.69. The van der Waals surface area contributed by atoms with Crippen molar-refractivity contribution in [3.63, 3.8) is 0 Å². The number of carbonyl (C=O) groups excluding carboxylic acids is 4. The number of hydrogen-bond acceptors (Lipinski definition) is 7. The Bertz CT molecular complexity index is 1300. The van der Waals surface area contributed by atoms with E-state index in [1.807, 2.05) is 0 Å². The Morgan fingerprint density at radius 3 is 2.79 bits per heavy atom. The van der Waals surface area contributed by atoms with Crippen molar-refractivity contribution in [2.45, 2.75) is 32.9 Å². The van der Waals surface area contributed by atoms with Gasteiger partial charge in [0.05, 0.1) is 12.2 Å². The van der Waals surface area contributed by atoms with Crippen molar-refractivity contribution in [1.29, 1.82) is 0 Å². The summed E-state index contributed by atoms with van der Waals surface area (Å²) in [6.45, 7) is 2.98. The highest BCUT2D eigenvalue weighted by Crippen LogP contribution is 2.24.